The van der Waals surface area contributed by atoms with Crippen LogP contribution in [0.4, 0.5) is 14.6 Å². The molecule has 3 aromatic heterocycles. The van der Waals surface area contributed by atoms with Gasteiger partial charge in [0.25, 0.3) is 0 Å². The Balaban J connectivity index is 1.30. The molecule has 5 aliphatic heterocycles. The lowest BCUT2D eigenvalue weighted by atomic mass is 9.92. The zero-order valence-electron chi connectivity index (χ0n) is 25.9. The fraction of sp³-hybridized carbons (Fsp3) is 0.529. The number of alkyl halides is 1. The van der Waals surface area contributed by atoms with E-state index in [0.29, 0.717) is 49.7 Å². The van der Waals surface area contributed by atoms with Crippen LogP contribution in [0.3, 0.4) is 0 Å². The van der Waals surface area contributed by atoms with Crippen molar-refractivity contribution in [3.8, 4) is 17.3 Å². The van der Waals surface area contributed by atoms with Crippen molar-refractivity contribution in [2.24, 2.45) is 13.0 Å². The number of pyridine rings is 1. The first kappa shape index (κ1) is 28.8. The number of rotatable bonds is 3. The quantitative estimate of drug-likeness (QED) is 0.287. The molecule has 0 N–H and O–H groups in total. The smallest absolute Gasteiger partial charge is 0.319 e. The SMILES string of the molecule is Cc1cc2c(cnn2C)c2c1C/C=C\COC[C@@H]1CCCN(C1)c1nc(OC[C@@]34CCCN3C[C@H](F)C4)nc3c(F)c-2ncc13. The third-order valence-electron chi connectivity index (χ3n) is 10.4. The Bertz CT molecular complexity index is 1810. The van der Waals surface area contributed by atoms with Gasteiger partial charge in [0.05, 0.1) is 35.9 Å². The molecule has 9 nitrogen and oxygen atoms in total. The molecule has 3 atom stereocenters. The van der Waals surface area contributed by atoms with Crippen LogP contribution in [-0.2, 0) is 18.2 Å². The maximum atomic E-state index is 17.1. The number of fused-ring (bicyclic) bond motifs is 7. The van der Waals surface area contributed by atoms with E-state index in [1.54, 1.807) is 17.1 Å². The molecule has 0 saturated carbocycles. The normalized spacial score (nSPS) is 26.2. The highest BCUT2D eigenvalue weighted by Gasteiger charge is 2.49. The molecule has 6 bridgehead atoms. The summed E-state index contributed by atoms with van der Waals surface area (Å²) in [6, 6.07) is 2.22. The summed E-state index contributed by atoms with van der Waals surface area (Å²) in [6.07, 6.45) is 11.7. The van der Waals surface area contributed by atoms with Gasteiger partial charge in [0.15, 0.2) is 5.82 Å². The molecule has 236 valence electrons. The number of nitrogens with zero attached hydrogens (tertiary/aromatic N) is 7. The Kier molecular flexibility index (Phi) is 7.20. The number of hydrogen-bond acceptors (Lipinski definition) is 8. The fourth-order valence-electron chi connectivity index (χ4n) is 8.11. The Hall–Kier alpha value is -3.70. The van der Waals surface area contributed by atoms with Crippen molar-refractivity contribution < 1.29 is 18.3 Å². The first-order valence-corrected chi connectivity index (χ1v) is 16.2. The fourth-order valence-corrected chi connectivity index (χ4v) is 8.11. The number of anilines is 1. The van der Waals surface area contributed by atoms with Gasteiger partial charge >= 0.3 is 6.01 Å². The van der Waals surface area contributed by atoms with Crippen LogP contribution in [0.2, 0.25) is 0 Å². The van der Waals surface area contributed by atoms with E-state index >= 15 is 4.39 Å². The largest absolute Gasteiger partial charge is 0.461 e. The van der Waals surface area contributed by atoms with Crippen LogP contribution in [0.5, 0.6) is 6.01 Å². The molecule has 1 aromatic carbocycles. The number of benzene rings is 1. The highest BCUT2D eigenvalue weighted by atomic mass is 19.1. The summed E-state index contributed by atoms with van der Waals surface area (Å²) in [5.41, 5.74) is 3.70. The Morgan fingerprint density at radius 1 is 1.11 bits per heavy atom. The van der Waals surface area contributed by atoms with Gasteiger partial charge in [0, 0.05) is 50.2 Å². The molecule has 11 heteroatoms. The monoisotopic (exact) mass is 615 g/mol. The second kappa shape index (κ2) is 11.3. The third-order valence-corrected chi connectivity index (χ3v) is 10.4. The molecular weight excluding hydrogens is 576 g/mol. The van der Waals surface area contributed by atoms with Gasteiger partial charge in [-0.1, -0.05) is 12.2 Å². The van der Waals surface area contributed by atoms with E-state index in [0.717, 1.165) is 72.9 Å². The number of aryl methyl sites for hydroxylation is 2. The van der Waals surface area contributed by atoms with E-state index < -0.39 is 12.0 Å². The minimum absolute atomic E-state index is 0.121. The average molecular weight is 616 g/mol. The maximum Gasteiger partial charge on any atom is 0.319 e. The lowest BCUT2D eigenvalue weighted by Gasteiger charge is -2.34. The van der Waals surface area contributed by atoms with Crippen LogP contribution in [0.1, 0.15) is 43.2 Å². The zero-order chi connectivity index (χ0) is 30.7. The van der Waals surface area contributed by atoms with Crippen LogP contribution in [0.25, 0.3) is 33.1 Å². The van der Waals surface area contributed by atoms with Crippen molar-refractivity contribution in [2.45, 2.75) is 57.2 Å². The van der Waals surface area contributed by atoms with E-state index in [2.05, 4.69) is 27.0 Å². The molecule has 4 aromatic rings. The lowest BCUT2D eigenvalue weighted by molar-refractivity contribution is 0.107. The first-order valence-electron chi connectivity index (χ1n) is 16.2. The minimum atomic E-state index is -0.866. The Morgan fingerprint density at radius 3 is 2.93 bits per heavy atom. The summed E-state index contributed by atoms with van der Waals surface area (Å²) in [4.78, 5) is 18.8. The maximum absolute atomic E-state index is 17.1. The van der Waals surface area contributed by atoms with Crippen LogP contribution in [0.15, 0.2) is 30.6 Å². The third kappa shape index (κ3) is 4.95. The van der Waals surface area contributed by atoms with Crippen LogP contribution >= 0.6 is 0 Å². The Labute approximate surface area is 261 Å². The van der Waals surface area contributed by atoms with Crippen molar-refractivity contribution in [3.63, 3.8) is 0 Å². The van der Waals surface area contributed by atoms with E-state index in [9.17, 15) is 4.39 Å². The van der Waals surface area contributed by atoms with Gasteiger partial charge in [-0.25, -0.2) is 8.78 Å². The van der Waals surface area contributed by atoms with Gasteiger partial charge in [-0.05, 0) is 68.7 Å². The molecule has 45 heavy (non-hydrogen) atoms. The van der Waals surface area contributed by atoms with Crippen molar-refractivity contribution in [1.82, 2.24) is 29.6 Å². The van der Waals surface area contributed by atoms with Crippen LogP contribution in [-0.4, -0.2) is 87.3 Å². The standard InChI is InChI=1S/C34H39F2N7O2/c1-21-13-27-25(16-38-41(27)2)28-24(21)8-3-4-12-44-19-22-7-5-10-42(17-22)32-26-15-37-31(28)29(36)30(26)39-33(40-32)45-20-34-9-6-11-43(34)18-23(35)14-34/h3-4,13,15-16,22-23H,5-12,14,17-20H2,1-2H3/b4-3-/t22-,23-,34+/m1/s1. The van der Waals surface area contributed by atoms with E-state index in [1.807, 2.05) is 20.0 Å². The summed E-state index contributed by atoms with van der Waals surface area (Å²) in [5.74, 6) is 0.437. The number of aromatic nitrogens is 5. The number of hydrogen-bond donors (Lipinski definition) is 0. The molecule has 0 spiro atoms. The van der Waals surface area contributed by atoms with Gasteiger partial charge in [-0.2, -0.15) is 15.1 Å². The molecule has 5 aliphatic rings. The molecule has 9 rings (SSSR count). The van der Waals surface area contributed by atoms with E-state index in [4.69, 9.17) is 24.4 Å². The van der Waals surface area contributed by atoms with Crippen LogP contribution in [0, 0.1) is 18.7 Å². The molecule has 3 saturated heterocycles. The average Bonchev–Trinajstić information content (AvgIpc) is 3.69. The summed E-state index contributed by atoms with van der Waals surface area (Å²) in [5, 5.41) is 5.89. The van der Waals surface area contributed by atoms with Gasteiger partial charge in [0.2, 0.25) is 0 Å². The minimum Gasteiger partial charge on any atom is -0.461 e. The van der Waals surface area contributed by atoms with Gasteiger partial charge in [-0.3, -0.25) is 14.6 Å². The zero-order valence-corrected chi connectivity index (χ0v) is 25.9. The van der Waals surface area contributed by atoms with Gasteiger partial charge < -0.3 is 14.4 Å². The second-order valence-corrected chi connectivity index (χ2v) is 13.3. The molecule has 0 amide bonds. The lowest BCUT2D eigenvalue weighted by Crippen LogP contribution is -2.43. The molecule has 0 radical (unpaired) electrons. The number of piperidine rings is 1. The summed E-state index contributed by atoms with van der Waals surface area (Å²) in [7, 11) is 1.89. The van der Waals surface area contributed by atoms with Crippen molar-refractivity contribution in [1.29, 1.82) is 0 Å². The number of halogens is 2. The highest BCUT2D eigenvalue weighted by Crippen LogP contribution is 2.42. The number of allylic oxidation sites excluding steroid dienone is 1. The van der Waals surface area contributed by atoms with Crippen LogP contribution < -0.4 is 9.64 Å². The number of ether oxygens (including phenoxy) is 2. The molecular formula is C34H39F2N7O2. The van der Waals surface area contributed by atoms with Crippen molar-refractivity contribution >= 4 is 27.6 Å². The van der Waals surface area contributed by atoms with Gasteiger partial charge in [-0.15, -0.1) is 0 Å². The summed E-state index contributed by atoms with van der Waals surface area (Å²) < 4.78 is 45.8. The topological polar surface area (TPSA) is 81.4 Å². The Morgan fingerprint density at radius 2 is 2.02 bits per heavy atom. The first-order chi connectivity index (χ1) is 21.9. The van der Waals surface area contributed by atoms with Crippen molar-refractivity contribution in [3.05, 3.63) is 47.6 Å². The van der Waals surface area contributed by atoms with Gasteiger partial charge in [0.1, 0.15) is 29.8 Å². The van der Waals surface area contributed by atoms with E-state index in [1.165, 1.54) is 0 Å². The summed E-state index contributed by atoms with van der Waals surface area (Å²) in [6.45, 7) is 6.30. The predicted molar refractivity (Wildman–Crippen MR) is 169 cm³/mol. The second-order valence-electron chi connectivity index (χ2n) is 13.3. The highest BCUT2D eigenvalue weighted by molar-refractivity contribution is 5.99. The molecule has 8 heterocycles. The predicted octanol–water partition coefficient (Wildman–Crippen LogP) is 5.33. The summed E-state index contributed by atoms with van der Waals surface area (Å²) >= 11 is 0. The molecule has 0 aliphatic carbocycles. The molecule has 3 fully saturated rings. The van der Waals surface area contributed by atoms with E-state index in [-0.39, 0.29) is 29.4 Å². The molecule has 0 unspecified atom stereocenters. The van der Waals surface area contributed by atoms with Crippen molar-refractivity contribution in [2.75, 3.05) is 50.9 Å².